The molecular weight excluding hydrogens is 374 g/mol. The molecule has 0 fully saturated rings. The molecule has 0 saturated heterocycles. The molecule has 0 aromatic rings. The van der Waals surface area contributed by atoms with Crippen molar-refractivity contribution in [3.63, 3.8) is 0 Å². The van der Waals surface area contributed by atoms with Crippen LogP contribution in [0.5, 0.6) is 0 Å². The van der Waals surface area contributed by atoms with Crippen molar-refractivity contribution in [1.82, 2.24) is 0 Å². The molecule has 64 valence electrons. The summed E-state index contributed by atoms with van der Waals surface area (Å²) < 4.78 is 2.20. The van der Waals surface area contributed by atoms with Gasteiger partial charge in [0, 0.05) is 7.50 Å². The van der Waals surface area contributed by atoms with Crippen LogP contribution in [0.25, 0.3) is 0 Å². The molecule has 0 aliphatic heterocycles. The maximum atomic E-state index is 2.56. The Morgan fingerprint density at radius 2 is 2.25 bits per heavy atom. The lowest BCUT2D eigenvalue weighted by Crippen LogP contribution is -2.10. The fraction of sp³-hybridized carbons (Fsp3) is 0.400. The van der Waals surface area contributed by atoms with Crippen molar-refractivity contribution in [3.8, 4) is 0 Å². The average molecular weight is 384 g/mol. The number of hydrogen-bond acceptors (Lipinski definition) is 0. The van der Waals surface area contributed by atoms with E-state index in [4.69, 9.17) is 0 Å². The van der Waals surface area contributed by atoms with Crippen LogP contribution in [0.2, 0.25) is 0 Å². The Bertz CT molecular complexity index is 284. The third-order valence-corrected chi connectivity index (χ3v) is 4.63. The summed E-state index contributed by atoms with van der Waals surface area (Å²) in [6.07, 6.45) is 10.7. The Balaban J connectivity index is 2.41. The molecule has 1 unspecified atom stereocenters. The van der Waals surface area contributed by atoms with Gasteiger partial charge in [-0.25, -0.2) is 0 Å². The van der Waals surface area contributed by atoms with Crippen molar-refractivity contribution >= 4 is 45.2 Å². The van der Waals surface area contributed by atoms with Gasteiger partial charge in [-0.1, -0.05) is 40.8 Å². The van der Waals surface area contributed by atoms with Crippen molar-refractivity contribution in [1.29, 1.82) is 0 Å². The zero-order valence-corrected chi connectivity index (χ0v) is 11.0. The van der Waals surface area contributed by atoms with E-state index in [0.29, 0.717) is 0 Å². The van der Waals surface area contributed by atoms with Gasteiger partial charge in [0.05, 0.1) is 0 Å². The molecule has 0 saturated carbocycles. The lowest BCUT2D eigenvalue weighted by molar-refractivity contribution is 0.859. The van der Waals surface area contributed by atoms with Gasteiger partial charge in [0.25, 0.3) is 0 Å². The molecule has 2 aliphatic carbocycles. The van der Waals surface area contributed by atoms with E-state index in [-0.39, 0.29) is 0 Å². The van der Waals surface area contributed by atoms with E-state index < -0.39 is 0 Å². The van der Waals surface area contributed by atoms with Crippen molar-refractivity contribution in [3.05, 3.63) is 33.0 Å². The zero-order valence-electron chi connectivity index (χ0n) is 6.69. The summed E-state index contributed by atoms with van der Waals surface area (Å²) in [7, 11) is 0. The standard InChI is InChI=1S/C10H10I2/c11-9-5-6-10(12)8-4-2-1-3-7(8)9/h1,3,5,10H,2,4,6H2. The molecule has 2 aliphatic rings. The van der Waals surface area contributed by atoms with E-state index in [1.54, 1.807) is 5.57 Å². The Kier molecular flexibility index (Phi) is 2.94. The monoisotopic (exact) mass is 384 g/mol. The summed E-state index contributed by atoms with van der Waals surface area (Å²) in [5, 5.41) is 0. The van der Waals surface area contributed by atoms with Gasteiger partial charge in [0.15, 0.2) is 0 Å². The number of rotatable bonds is 0. The first-order valence-electron chi connectivity index (χ1n) is 4.18. The van der Waals surface area contributed by atoms with Gasteiger partial charge in [-0.2, -0.15) is 0 Å². The predicted octanol–water partition coefficient (Wildman–Crippen LogP) is 4.16. The first-order chi connectivity index (χ1) is 5.79. The molecule has 0 aromatic carbocycles. The molecule has 2 heteroatoms. The Morgan fingerprint density at radius 1 is 1.42 bits per heavy atom. The van der Waals surface area contributed by atoms with Gasteiger partial charge >= 0.3 is 0 Å². The molecule has 0 N–H and O–H groups in total. The van der Waals surface area contributed by atoms with Crippen LogP contribution in [0.1, 0.15) is 19.3 Å². The predicted molar refractivity (Wildman–Crippen MR) is 69.9 cm³/mol. The van der Waals surface area contributed by atoms with E-state index in [9.17, 15) is 0 Å². The van der Waals surface area contributed by atoms with Gasteiger partial charge in [-0.3, -0.25) is 0 Å². The topological polar surface area (TPSA) is 0 Å². The fourth-order valence-corrected chi connectivity index (χ4v) is 3.38. The number of alkyl halides is 1. The Morgan fingerprint density at radius 3 is 3.00 bits per heavy atom. The lowest BCUT2D eigenvalue weighted by Gasteiger charge is -2.24. The molecule has 0 spiro atoms. The minimum Gasteiger partial charge on any atom is -0.0836 e. The van der Waals surface area contributed by atoms with Crippen LogP contribution >= 0.6 is 45.2 Å². The summed E-state index contributed by atoms with van der Waals surface area (Å²) >= 11 is 5.01. The normalized spacial score (nSPS) is 28.5. The second kappa shape index (κ2) is 3.82. The van der Waals surface area contributed by atoms with Crippen molar-refractivity contribution < 1.29 is 0 Å². The summed E-state index contributed by atoms with van der Waals surface area (Å²) in [4.78, 5) is 0. The van der Waals surface area contributed by atoms with Crippen molar-refractivity contribution in [2.75, 3.05) is 0 Å². The van der Waals surface area contributed by atoms with Crippen LogP contribution in [0.3, 0.4) is 0 Å². The van der Waals surface area contributed by atoms with Crippen molar-refractivity contribution in [2.24, 2.45) is 0 Å². The molecule has 0 bridgehead atoms. The Labute approximate surface area is 100 Å². The summed E-state index contributed by atoms with van der Waals surface area (Å²) in [6.45, 7) is 0. The third-order valence-electron chi connectivity index (χ3n) is 2.35. The van der Waals surface area contributed by atoms with E-state index in [1.165, 1.54) is 28.4 Å². The number of halogens is 2. The molecular formula is C10H10I2. The molecule has 0 amide bonds. The quantitative estimate of drug-likeness (QED) is 0.435. The highest BCUT2D eigenvalue weighted by Crippen LogP contribution is 2.38. The van der Waals surface area contributed by atoms with Gasteiger partial charge < -0.3 is 0 Å². The number of allylic oxidation sites excluding steroid dienone is 6. The van der Waals surface area contributed by atoms with Gasteiger partial charge in [0.1, 0.15) is 0 Å². The molecule has 12 heavy (non-hydrogen) atoms. The second-order valence-electron chi connectivity index (χ2n) is 3.14. The maximum absolute atomic E-state index is 2.56. The van der Waals surface area contributed by atoms with Gasteiger partial charge in [-0.05, 0) is 53.0 Å². The van der Waals surface area contributed by atoms with E-state index in [0.717, 1.165) is 3.92 Å². The molecule has 0 aromatic heterocycles. The Hall–Kier alpha value is 0.680. The molecule has 0 nitrogen and oxygen atoms in total. The minimum absolute atomic E-state index is 0.751. The summed E-state index contributed by atoms with van der Waals surface area (Å²) in [6, 6.07) is 0. The highest BCUT2D eigenvalue weighted by atomic mass is 127. The smallest absolute Gasteiger partial charge is 0.0363 e. The lowest BCUT2D eigenvalue weighted by atomic mass is 9.90. The van der Waals surface area contributed by atoms with E-state index >= 15 is 0 Å². The van der Waals surface area contributed by atoms with E-state index in [2.05, 4.69) is 63.4 Å². The largest absolute Gasteiger partial charge is 0.0836 e. The molecule has 0 radical (unpaired) electrons. The van der Waals surface area contributed by atoms with Crippen LogP contribution in [0, 0.1) is 0 Å². The second-order valence-corrected chi connectivity index (χ2v) is 5.80. The first kappa shape index (κ1) is 9.24. The SMILES string of the molecule is IC1=CCC(I)C2=C1C=CCC2. The van der Waals surface area contributed by atoms with Crippen LogP contribution in [-0.2, 0) is 0 Å². The summed E-state index contributed by atoms with van der Waals surface area (Å²) in [5.41, 5.74) is 3.18. The maximum Gasteiger partial charge on any atom is 0.0363 e. The van der Waals surface area contributed by atoms with Gasteiger partial charge in [0.2, 0.25) is 0 Å². The highest BCUT2D eigenvalue weighted by molar-refractivity contribution is 14.1. The van der Waals surface area contributed by atoms with Crippen LogP contribution < -0.4 is 0 Å². The zero-order chi connectivity index (χ0) is 8.55. The molecule has 2 rings (SSSR count). The first-order valence-corrected chi connectivity index (χ1v) is 6.51. The molecule has 0 heterocycles. The van der Waals surface area contributed by atoms with Crippen molar-refractivity contribution in [2.45, 2.75) is 23.2 Å². The van der Waals surface area contributed by atoms with Gasteiger partial charge in [-0.15, -0.1) is 0 Å². The molecule has 1 atom stereocenters. The van der Waals surface area contributed by atoms with Crippen LogP contribution in [0.4, 0.5) is 0 Å². The van der Waals surface area contributed by atoms with Crippen LogP contribution in [-0.4, -0.2) is 3.92 Å². The highest BCUT2D eigenvalue weighted by Gasteiger charge is 2.20. The average Bonchev–Trinajstić information content (AvgIpc) is 2.12. The third kappa shape index (κ3) is 1.64. The number of hydrogen-bond donors (Lipinski definition) is 0. The minimum atomic E-state index is 0.751. The van der Waals surface area contributed by atoms with E-state index in [1.807, 2.05) is 0 Å². The summed E-state index contributed by atoms with van der Waals surface area (Å²) in [5.74, 6) is 0. The van der Waals surface area contributed by atoms with Crippen LogP contribution in [0.15, 0.2) is 33.0 Å². The fourth-order valence-electron chi connectivity index (χ4n) is 1.70.